The number of rotatable bonds is 7. The number of carbonyl (C=O) groups excluding carboxylic acids is 1. The summed E-state index contributed by atoms with van der Waals surface area (Å²) < 4.78 is 11.0. The molecule has 2 aromatic rings. The van der Waals surface area contributed by atoms with Gasteiger partial charge in [-0.05, 0) is 48.7 Å². The molecule has 2 rings (SSSR count). The minimum Gasteiger partial charge on any atom is -0.347 e. The van der Waals surface area contributed by atoms with Gasteiger partial charge in [0.25, 0.3) is 0 Å². The zero-order valence-electron chi connectivity index (χ0n) is 15.1. The molecule has 0 saturated heterocycles. The van der Waals surface area contributed by atoms with E-state index in [1.165, 1.54) is 19.8 Å². The smallest absolute Gasteiger partial charge is 0.319 e. The normalized spacial score (nSPS) is 11.2. The van der Waals surface area contributed by atoms with E-state index in [4.69, 9.17) is 9.47 Å². The van der Waals surface area contributed by atoms with E-state index < -0.39 is 5.79 Å². The molecule has 0 atom stereocenters. The third-order valence-electron chi connectivity index (χ3n) is 4.18. The van der Waals surface area contributed by atoms with Crippen LogP contribution in [0, 0.1) is 6.92 Å². The van der Waals surface area contributed by atoms with Crippen molar-refractivity contribution in [1.82, 2.24) is 10.3 Å². The van der Waals surface area contributed by atoms with Gasteiger partial charge in [0.2, 0.25) is 5.79 Å². The van der Waals surface area contributed by atoms with Crippen LogP contribution >= 0.6 is 0 Å². The molecule has 25 heavy (non-hydrogen) atoms. The van der Waals surface area contributed by atoms with Crippen molar-refractivity contribution in [2.24, 2.45) is 0 Å². The molecule has 2 amide bonds. The summed E-state index contributed by atoms with van der Waals surface area (Å²) in [5.74, 6) is -1.14. The predicted molar refractivity (Wildman–Crippen MR) is 97.5 cm³/mol. The lowest BCUT2D eigenvalue weighted by molar-refractivity contribution is -0.213. The Kier molecular flexibility index (Phi) is 6.50. The summed E-state index contributed by atoms with van der Waals surface area (Å²) in [6.45, 7) is 4.26. The fraction of sp³-hybridized carbons (Fsp3) is 0.368. The van der Waals surface area contributed by atoms with Crippen molar-refractivity contribution in [3.8, 4) is 0 Å². The molecule has 2 N–H and O–H groups in total. The number of nitrogens with zero attached hydrogens (tertiary/aromatic N) is 1. The second-order valence-corrected chi connectivity index (χ2v) is 5.68. The number of amides is 2. The fourth-order valence-corrected chi connectivity index (χ4v) is 2.66. The van der Waals surface area contributed by atoms with Crippen molar-refractivity contribution in [2.45, 2.75) is 26.1 Å². The average molecular weight is 343 g/mol. The summed E-state index contributed by atoms with van der Waals surface area (Å²) in [5.41, 5.74) is 3.74. The topological polar surface area (TPSA) is 72.5 Å². The van der Waals surface area contributed by atoms with E-state index in [9.17, 15) is 4.79 Å². The van der Waals surface area contributed by atoms with Gasteiger partial charge in [0.1, 0.15) is 5.69 Å². The highest BCUT2D eigenvalue weighted by Gasteiger charge is 2.34. The number of hydrogen-bond donors (Lipinski definition) is 2. The number of nitrogens with one attached hydrogen (secondary N) is 2. The zero-order valence-corrected chi connectivity index (χ0v) is 15.1. The first-order valence-corrected chi connectivity index (χ1v) is 8.21. The Bertz CT molecular complexity index is 700. The quantitative estimate of drug-likeness (QED) is 0.757. The van der Waals surface area contributed by atoms with Crippen LogP contribution in [0.2, 0.25) is 0 Å². The van der Waals surface area contributed by atoms with E-state index >= 15 is 0 Å². The first-order chi connectivity index (χ1) is 12.0. The lowest BCUT2D eigenvalue weighted by atomic mass is 10.1. The Labute approximate surface area is 148 Å². The van der Waals surface area contributed by atoms with Gasteiger partial charge in [0.05, 0.1) is 6.54 Å². The molecule has 1 heterocycles. The van der Waals surface area contributed by atoms with Gasteiger partial charge in [0, 0.05) is 26.1 Å². The van der Waals surface area contributed by atoms with Gasteiger partial charge < -0.3 is 20.1 Å². The molecule has 0 aliphatic carbocycles. The summed E-state index contributed by atoms with van der Waals surface area (Å²) in [7, 11) is 3.04. The van der Waals surface area contributed by atoms with Crippen molar-refractivity contribution in [1.29, 1.82) is 0 Å². The fourth-order valence-electron chi connectivity index (χ4n) is 2.66. The molecule has 0 aliphatic heterocycles. The van der Waals surface area contributed by atoms with Crippen molar-refractivity contribution in [3.63, 3.8) is 0 Å². The van der Waals surface area contributed by atoms with Crippen LogP contribution in [-0.2, 0) is 21.7 Å². The van der Waals surface area contributed by atoms with Gasteiger partial charge in [-0.3, -0.25) is 4.98 Å². The van der Waals surface area contributed by atoms with Crippen molar-refractivity contribution < 1.29 is 14.3 Å². The maximum absolute atomic E-state index is 12.2. The molecule has 1 aromatic heterocycles. The first kappa shape index (κ1) is 18.9. The van der Waals surface area contributed by atoms with Crippen molar-refractivity contribution in [2.75, 3.05) is 26.1 Å². The summed E-state index contributed by atoms with van der Waals surface area (Å²) in [6.07, 6.45) is 2.62. The molecule has 1 aromatic carbocycles. The SMILES string of the molecule is CCc1ccc(NC(=O)NCC(OC)(OC)c2ccccn2)cc1C. The van der Waals surface area contributed by atoms with E-state index in [0.29, 0.717) is 5.69 Å². The Balaban J connectivity index is 2.03. The van der Waals surface area contributed by atoms with Crippen LogP contribution < -0.4 is 10.6 Å². The van der Waals surface area contributed by atoms with Crippen LogP contribution in [0.3, 0.4) is 0 Å². The molecule has 6 nitrogen and oxygen atoms in total. The third kappa shape index (κ3) is 4.55. The zero-order chi connectivity index (χ0) is 18.3. The van der Waals surface area contributed by atoms with E-state index in [-0.39, 0.29) is 12.6 Å². The van der Waals surface area contributed by atoms with Crippen molar-refractivity contribution in [3.05, 3.63) is 59.4 Å². The number of aromatic nitrogens is 1. The highest BCUT2D eigenvalue weighted by atomic mass is 16.7. The second kappa shape index (κ2) is 8.60. The van der Waals surface area contributed by atoms with Crippen LogP contribution in [0.15, 0.2) is 42.6 Å². The molecule has 0 aliphatic rings. The first-order valence-electron chi connectivity index (χ1n) is 8.21. The minimum absolute atomic E-state index is 0.120. The lowest BCUT2D eigenvalue weighted by Gasteiger charge is -2.30. The van der Waals surface area contributed by atoms with Gasteiger partial charge in [-0.1, -0.05) is 19.1 Å². The molecule has 0 radical (unpaired) electrons. The van der Waals surface area contributed by atoms with Gasteiger partial charge in [-0.25, -0.2) is 4.79 Å². The van der Waals surface area contributed by atoms with Gasteiger partial charge in [-0.2, -0.15) is 0 Å². The Morgan fingerprint density at radius 2 is 1.96 bits per heavy atom. The molecule has 134 valence electrons. The monoisotopic (exact) mass is 343 g/mol. The molecular formula is C19H25N3O3. The summed E-state index contributed by atoms with van der Waals surface area (Å²) in [5, 5.41) is 5.61. The summed E-state index contributed by atoms with van der Waals surface area (Å²) in [4.78, 5) is 16.5. The molecule has 6 heteroatoms. The number of anilines is 1. The number of pyridine rings is 1. The third-order valence-corrected chi connectivity index (χ3v) is 4.18. The maximum atomic E-state index is 12.2. The number of hydrogen-bond acceptors (Lipinski definition) is 4. The maximum Gasteiger partial charge on any atom is 0.319 e. The summed E-state index contributed by atoms with van der Waals surface area (Å²) in [6, 6.07) is 11.0. The molecule has 0 fully saturated rings. The number of benzene rings is 1. The van der Waals surface area contributed by atoms with Crippen LogP contribution in [0.1, 0.15) is 23.7 Å². The number of methoxy groups -OCH3 is 2. The number of urea groups is 1. The number of aryl methyl sites for hydroxylation is 2. The standard InChI is InChI=1S/C19H25N3O3/c1-5-15-9-10-16(12-14(15)2)22-18(23)21-13-19(24-3,25-4)17-8-6-7-11-20-17/h6-12H,5,13H2,1-4H3,(H2,21,22,23). The molecule has 0 unspecified atom stereocenters. The number of ether oxygens (including phenoxy) is 2. The Hall–Kier alpha value is -2.44. The van der Waals surface area contributed by atoms with E-state index in [0.717, 1.165) is 17.7 Å². The van der Waals surface area contributed by atoms with Crippen LogP contribution in [0.25, 0.3) is 0 Å². The lowest BCUT2D eigenvalue weighted by Crippen LogP contribution is -2.45. The van der Waals surface area contributed by atoms with E-state index in [1.807, 2.05) is 37.3 Å². The Morgan fingerprint density at radius 1 is 1.20 bits per heavy atom. The van der Waals surface area contributed by atoms with Crippen LogP contribution in [-0.4, -0.2) is 31.8 Å². The largest absolute Gasteiger partial charge is 0.347 e. The predicted octanol–water partition coefficient (Wildman–Crippen LogP) is 3.22. The van der Waals surface area contributed by atoms with Crippen LogP contribution in [0.5, 0.6) is 0 Å². The van der Waals surface area contributed by atoms with Gasteiger partial charge in [0.15, 0.2) is 0 Å². The molecule has 0 spiro atoms. The Morgan fingerprint density at radius 3 is 2.52 bits per heavy atom. The highest BCUT2D eigenvalue weighted by Crippen LogP contribution is 2.23. The van der Waals surface area contributed by atoms with Crippen LogP contribution in [0.4, 0.5) is 10.5 Å². The molecule has 0 bridgehead atoms. The second-order valence-electron chi connectivity index (χ2n) is 5.68. The van der Waals surface area contributed by atoms with Gasteiger partial charge >= 0.3 is 6.03 Å². The number of carbonyl (C=O) groups is 1. The minimum atomic E-state index is -1.14. The molecular weight excluding hydrogens is 318 g/mol. The van der Waals surface area contributed by atoms with Gasteiger partial charge in [-0.15, -0.1) is 0 Å². The van der Waals surface area contributed by atoms with Crippen molar-refractivity contribution >= 4 is 11.7 Å². The summed E-state index contributed by atoms with van der Waals surface area (Å²) >= 11 is 0. The van der Waals surface area contributed by atoms with E-state index in [2.05, 4.69) is 22.5 Å². The average Bonchev–Trinajstić information content (AvgIpc) is 2.64. The highest BCUT2D eigenvalue weighted by molar-refractivity contribution is 5.89. The van der Waals surface area contributed by atoms with E-state index in [1.54, 1.807) is 12.3 Å². The molecule has 0 saturated carbocycles.